The van der Waals surface area contributed by atoms with Crippen molar-refractivity contribution in [2.45, 2.75) is 39.4 Å². The van der Waals surface area contributed by atoms with Crippen molar-refractivity contribution >= 4 is 33.2 Å². The Balaban J connectivity index is 1.75. The number of carbonyl (C=O) groups excluding carboxylic acids is 1. The molecular weight excluding hydrogens is 510 g/mol. The molecule has 1 amide bonds. The monoisotopic (exact) mass is 543 g/mol. The van der Waals surface area contributed by atoms with Gasteiger partial charge in [0.15, 0.2) is 0 Å². The van der Waals surface area contributed by atoms with Crippen LogP contribution in [0.3, 0.4) is 0 Å². The molecule has 3 aromatic rings. The highest BCUT2D eigenvalue weighted by Gasteiger charge is 2.26. The molecule has 0 spiro atoms. The Labute approximate surface area is 224 Å². The van der Waals surface area contributed by atoms with E-state index in [9.17, 15) is 13.2 Å². The summed E-state index contributed by atoms with van der Waals surface area (Å²) in [6.07, 6.45) is 7.20. The van der Waals surface area contributed by atoms with Crippen molar-refractivity contribution in [1.29, 1.82) is 0 Å². The number of aromatic nitrogens is 2. The third-order valence-corrected chi connectivity index (χ3v) is 8.13. The Morgan fingerprint density at radius 1 is 1.08 bits per heavy atom. The van der Waals surface area contributed by atoms with Crippen LogP contribution in [0.2, 0.25) is 5.02 Å². The summed E-state index contributed by atoms with van der Waals surface area (Å²) in [5.41, 5.74) is 2.79. The van der Waals surface area contributed by atoms with Crippen LogP contribution in [0, 0.1) is 0 Å². The van der Waals surface area contributed by atoms with Gasteiger partial charge in [0.25, 0.3) is 5.91 Å². The number of amides is 1. The van der Waals surface area contributed by atoms with Crippen LogP contribution < -0.4 is 4.31 Å². The standard InChI is InChI=1S/C27H34ClN5O3S/c1-21(2)31-12-6-13-33(37(3,35)36)26-17-24(28)10-9-23(26)19-32(16-15-31)27(34)25-8-5-4-7-22(25)18-30-14-11-29-20-30/h4-5,7-11,14,17,20-21H,6,12-13,15-16,18-19H2,1-3H3. The van der Waals surface area contributed by atoms with E-state index in [4.69, 9.17) is 11.6 Å². The van der Waals surface area contributed by atoms with Crippen molar-refractivity contribution in [3.8, 4) is 0 Å². The van der Waals surface area contributed by atoms with Crippen molar-refractivity contribution < 1.29 is 13.2 Å². The molecule has 10 heteroatoms. The molecule has 0 aliphatic carbocycles. The zero-order valence-corrected chi connectivity index (χ0v) is 23.1. The lowest BCUT2D eigenvalue weighted by Crippen LogP contribution is -2.41. The van der Waals surface area contributed by atoms with Gasteiger partial charge in [-0.3, -0.25) is 14.0 Å². The molecule has 2 heterocycles. The second kappa shape index (κ2) is 11.7. The third kappa shape index (κ3) is 6.71. The molecule has 0 saturated heterocycles. The Bertz CT molecular complexity index is 1330. The number of rotatable bonds is 5. The number of sulfonamides is 1. The van der Waals surface area contributed by atoms with E-state index in [-0.39, 0.29) is 18.5 Å². The summed E-state index contributed by atoms with van der Waals surface area (Å²) >= 11 is 6.32. The molecule has 2 aromatic carbocycles. The Kier molecular flexibility index (Phi) is 8.56. The minimum absolute atomic E-state index is 0.0922. The fraction of sp³-hybridized carbons (Fsp3) is 0.407. The molecule has 0 atom stereocenters. The minimum atomic E-state index is -3.55. The summed E-state index contributed by atoms with van der Waals surface area (Å²) in [5, 5.41) is 0.453. The van der Waals surface area contributed by atoms with E-state index in [1.54, 1.807) is 24.7 Å². The van der Waals surface area contributed by atoms with E-state index in [1.165, 1.54) is 10.6 Å². The third-order valence-electron chi connectivity index (χ3n) is 6.72. The number of benzene rings is 2. The van der Waals surface area contributed by atoms with Gasteiger partial charge >= 0.3 is 0 Å². The van der Waals surface area contributed by atoms with Gasteiger partial charge in [0.05, 0.1) is 18.3 Å². The summed E-state index contributed by atoms with van der Waals surface area (Å²) in [6, 6.07) is 13.1. The van der Waals surface area contributed by atoms with Crippen molar-refractivity contribution in [2.24, 2.45) is 0 Å². The number of carbonyl (C=O) groups is 1. The first-order chi connectivity index (χ1) is 17.6. The van der Waals surface area contributed by atoms with Crippen LogP contribution >= 0.6 is 11.6 Å². The Morgan fingerprint density at radius 2 is 1.86 bits per heavy atom. The van der Waals surface area contributed by atoms with Gasteiger partial charge in [0.2, 0.25) is 10.0 Å². The first-order valence-electron chi connectivity index (χ1n) is 12.5. The van der Waals surface area contributed by atoms with Crippen molar-refractivity contribution in [3.63, 3.8) is 0 Å². The lowest BCUT2D eigenvalue weighted by atomic mass is 10.0. The topological polar surface area (TPSA) is 78.8 Å². The number of nitrogens with zero attached hydrogens (tertiary/aromatic N) is 5. The van der Waals surface area contributed by atoms with E-state index in [0.29, 0.717) is 48.9 Å². The molecular formula is C27H34ClN5O3S. The molecule has 8 nitrogen and oxygen atoms in total. The van der Waals surface area contributed by atoms with Crippen LogP contribution in [-0.2, 0) is 23.1 Å². The van der Waals surface area contributed by atoms with Crippen LogP contribution in [0.1, 0.15) is 41.8 Å². The van der Waals surface area contributed by atoms with Gasteiger partial charge in [-0.15, -0.1) is 0 Å². The van der Waals surface area contributed by atoms with Crippen LogP contribution in [-0.4, -0.2) is 72.2 Å². The predicted octanol–water partition coefficient (Wildman–Crippen LogP) is 4.11. The number of imidazole rings is 1. The normalized spacial score (nSPS) is 15.9. The smallest absolute Gasteiger partial charge is 0.254 e. The number of anilines is 1. The van der Waals surface area contributed by atoms with Gasteiger partial charge in [0.1, 0.15) is 0 Å². The molecule has 0 saturated carbocycles. The molecule has 1 aliphatic rings. The summed E-state index contributed by atoms with van der Waals surface area (Å²) in [7, 11) is -3.55. The van der Waals surface area contributed by atoms with Gasteiger partial charge in [-0.05, 0) is 49.6 Å². The maximum Gasteiger partial charge on any atom is 0.254 e. The Hall–Kier alpha value is -2.88. The lowest BCUT2D eigenvalue weighted by molar-refractivity contribution is 0.0710. The maximum absolute atomic E-state index is 14.1. The Morgan fingerprint density at radius 3 is 2.57 bits per heavy atom. The van der Waals surface area contributed by atoms with Crippen LogP contribution in [0.25, 0.3) is 0 Å². The SMILES string of the molecule is CC(C)N1CCCN(S(C)(=O)=O)c2cc(Cl)ccc2CN(C(=O)c2ccccc2Cn2ccnc2)CC1. The number of hydrogen-bond donors (Lipinski definition) is 0. The van der Waals surface area contributed by atoms with E-state index in [0.717, 1.165) is 17.7 Å². The van der Waals surface area contributed by atoms with Gasteiger partial charge in [-0.2, -0.15) is 0 Å². The van der Waals surface area contributed by atoms with Gasteiger partial charge in [-0.25, -0.2) is 13.4 Å². The van der Waals surface area contributed by atoms with E-state index in [1.807, 2.05) is 46.0 Å². The van der Waals surface area contributed by atoms with Gasteiger partial charge in [-0.1, -0.05) is 35.9 Å². The van der Waals surface area contributed by atoms with Gasteiger partial charge in [0, 0.05) is 68.3 Å². The second-order valence-electron chi connectivity index (χ2n) is 9.71. The molecule has 0 bridgehead atoms. The quantitative estimate of drug-likeness (QED) is 0.484. The average Bonchev–Trinajstić information content (AvgIpc) is 3.34. The molecule has 198 valence electrons. The fourth-order valence-corrected chi connectivity index (χ4v) is 5.89. The largest absolute Gasteiger partial charge is 0.333 e. The molecule has 0 N–H and O–H groups in total. The van der Waals surface area contributed by atoms with Crippen LogP contribution in [0.4, 0.5) is 5.69 Å². The molecule has 1 aliphatic heterocycles. The van der Waals surface area contributed by atoms with Crippen LogP contribution in [0.5, 0.6) is 0 Å². The number of hydrogen-bond acceptors (Lipinski definition) is 5. The molecule has 0 fully saturated rings. The number of fused-ring (bicyclic) bond motifs is 1. The number of halogens is 1. The lowest BCUT2D eigenvalue weighted by Gasteiger charge is -2.30. The highest BCUT2D eigenvalue weighted by molar-refractivity contribution is 7.92. The van der Waals surface area contributed by atoms with E-state index >= 15 is 0 Å². The van der Waals surface area contributed by atoms with Gasteiger partial charge < -0.3 is 9.47 Å². The van der Waals surface area contributed by atoms with Crippen molar-refractivity contribution in [1.82, 2.24) is 19.4 Å². The maximum atomic E-state index is 14.1. The first kappa shape index (κ1) is 27.2. The average molecular weight is 544 g/mol. The molecule has 0 unspecified atom stereocenters. The summed E-state index contributed by atoms with van der Waals surface area (Å²) in [6.45, 7) is 7.30. The van der Waals surface area contributed by atoms with Crippen LogP contribution in [0.15, 0.2) is 61.2 Å². The van der Waals surface area contributed by atoms with E-state index < -0.39 is 10.0 Å². The minimum Gasteiger partial charge on any atom is -0.333 e. The molecule has 37 heavy (non-hydrogen) atoms. The molecule has 4 rings (SSSR count). The summed E-state index contributed by atoms with van der Waals surface area (Å²) in [4.78, 5) is 22.3. The highest BCUT2D eigenvalue weighted by atomic mass is 35.5. The first-order valence-corrected chi connectivity index (χ1v) is 14.7. The molecule has 1 aromatic heterocycles. The fourth-order valence-electron chi connectivity index (χ4n) is 4.73. The molecule has 0 radical (unpaired) electrons. The van der Waals surface area contributed by atoms with E-state index in [2.05, 4.69) is 23.7 Å². The zero-order chi connectivity index (χ0) is 26.6. The van der Waals surface area contributed by atoms with Crippen molar-refractivity contribution in [2.75, 3.05) is 36.7 Å². The predicted molar refractivity (Wildman–Crippen MR) is 147 cm³/mol. The summed E-state index contributed by atoms with van der Waals surface area (Å²) < 4.78 is 29.0. The second-order valence-corrected chi connectivity index (χ2v) is 12.1. The highest BCUT2D eigenvalue weighted by Crippen LogP contribution is 2.29. The summed E-state index contributed by atoms with van der Waals surface area (Å²) in [5.74, 6) is -0.0922. The van der Waals surface area contributed by atoms with Crippen molar-refractivity contribution in [3.05, 3.63) is 82.9 Å². The zero-order valence-electron chi connectivity index (χ0n) is 21.5.